The Bertz CT molecular complexity index is 676. The minimum atomic E-state index is -0.531. The van der Waals surface area contributed by atoms with E-state index >= 15 is 0 Å². The Morgan fingerprint density at radius 3 is 2.50 bits per heavy atom. The van der Waals surface area contributed by atoms with Crippen LogP contribution in [0.15, 0.2) is 29.3 Å². The maximum atomic E-state index is 12.4. The molecule has 0 aliphatic heterocycles. The van der Waals surface area contributed by atoms with Gasteiger partial charge in [0.05, 0.1) is 19.8 Å². The second-order valence-electron chi connectivity index (χ2n) is 5.58. The maximum Gasteiger partial charge on any atom is 0.338 e. The second-order valence-corrected chi connectivity index (χ2v) is 5.58. The van der Waals surface area contributed by atoms with Crippen LogP contribution in [-0.2, 0) is 14.3 Å². The van der Waals surface area contributed by atoms with Gasteiger partial charge < -0.3 is 19.0 Å². The number of hydrogen-bond acceptors (Lipinski definition) is 6. The summed E-state index contributed by atoms with van der Waals surface area (Å²) in [6, 6.07) is 4.73. The zero-order chi connectivity index (χ0) is 17.7. The summed E-state index contributed by atoms with van der Waals surface area (Å²) < 4.78 is 15.9. The van der Waals surface area contributed by atoms with Crippen molar-refractivity contribution < 1.29 is 28.6 Å². The van der Waals surface area contributed by atoms with Gasteiger partial charge in [0.15, 0.2) is 11.5 Å². The van der Waals surface area contributed by atoms with Crippen LogP contribution in [0, 0.1) is 5.92 Å². The highest BCUT2D eigenvalue weighted by Crippen LogP contribution is 2.36. The van der Waals surface area contributed by atoms with E-state index in [1.54, 1.807) is 12.1 Å². The molecule has 2 atom stereocenters. The molecule has 0 fully saturated rings. The summed E-state index contributed by atoms with van der Waals surface area (Å²) in [5.41, 5.74) is 1.71. The first-order valence-electron chi connectivity index (χ1n) is 7.57. The van der Waals surface area contributed by atoms with Crippen molar-refractivity contribution in [3.05, 3.63) is 34.9 Å². The number of benzene rings is 1. The smallest absolute Gasteiger partial charge is 0.338 e. The fraction of sp³-hybridized carbons (Fsp3) is 0.389. The molecule has 128 valence electrons. The van der Waals surface area contributed by atoms with Crippen LogP contribution in [-0.4, -0.2) is 38.9 Å². The molecule has 0 aromatic heterocycles. The van der Waals surface area contributed by atoms with Crippen LogP contribution in [0.1, 0.15) is 30.1 Å². The molecule has 6 heteroatoms. The van der Waals surface area contributed by atoms with E-state index in [1.807, 2.05) is 6.92 Å². The van der Waals surface area contributed by atoms with Gasteiger partial charge >= 0.3 is 5.97 Å². The molecule has 0 bridgehead atoms. The van der Waals surface area contributed by atoms with Crippen molar-refractivity contribution in [2.75, 3.05) is 14.2 Å². The predicted octanol–water partition coefficient (Wildman–Crippen LogP) is 2.35. The molecule has 1 aromatic rings. The molecule has 0 saturated carbocycles. The van der Waals surface area contributed by atoms with E-state index in [0.717, 1.165) is 18.1 Å². The number of rotatable bonds is 7. The third-order valence-electron chi connectivity index (χ3n) is 4.20. The van der Waals surface area contributed by atoms with Crippen molar-refractivity contribution in [3.8, 4) is 11.5 Å². The van der Waals surface area contributed by atoms with Crippen LogP contribution in [0.3, 0.4) is 0 Å². The van der Waals surface area contributed by atoms with Crippen LogP contribution in [0.4, 0.5) is 0 Å². The van der Waals surface area contributed by atoms with E-state index in [-0.39, 0.29) is 12.3 Å². The first-order valence-corrected chi connectivity index (χ1v) is 7.57. The molecule has 0 unspecified atom stereocenters. The number of hydrogen-bond donors (Lipinski definition) is 0. The Morgan fingerprint density at radius 2 is 1.92 bits per heavy atom. The minimum Gasteiger partial charge on any atom is -0.493 e. The van der Waals surface area contributed by atoms with Crippen molar-refractivity contribution in [3.63, 3.8) is 0 Å². The van der Waals surface area contributed by atoms with Gasteiger partial charge in [0, 0.05) is 18.8 Å². The molecular formula is C18H20O6. The van der Waals surface area contributed by atoms with Crippen LogP contribution in [0.5, 0.6) is 11.5 Å². The number of aldehydes is 2. The van der Waals surface area contributed by atoms with Crippen molar-refractivity contribution >= 4 is 18.5 Å². The van der Waals surface area contributed by atoms with Crippen molar-refractivity contribution in [1.82, 2.24) is 0 Å². The van der Waals surface area contributed by atoms with Gasteiger partial charge in [0.2, 0.25) is 0 Å². The van der Waals surface area contributed by atoms with Gasteiger partial charge in [-0.25, -0.2) is 4.79 Å². The Morgan fingerprint density at radius 1 is 1.21 bits per heavy atom. The predicted molar refractivity (Wildman–Crippen MR) is 86.3 cm³/mol. The number of ether oxygens (including phenoxy) is 3. The van der Waals surface area contributed by atoms with E-state index < -0.39 is 12.1 Å². The number of esters is 1. The Kier molecular flexibility index (Phi) is 5.73. The average molecular weight is 332 g/mol. The summed E-state index contributed by atoms with van der Waals surface area (Å²) in [5, 5.41) is 0. The van der Waals surface area contributed by atoms with Gasteiger partial charge in [-0.15, -0.1) is 0 Å². The third-order valence-corrected chi connectivity index (χ3v) is 4.20. The highest BCUT2D eigenvalue weighted by atomic mass is 16.5. The van der Waals surface area contributed by atoms with Gasteiger partial charge in [-0.2, -0.15) is 0 Å². The average Bonchev–Trinajstić information content (AvgIpc) is 2.88. The SMILES string of the molecule is COc1ccc(C(=O)O[C@H]2CC(C)=C(C=O)[C@H]2CC=O)cc1OC. The van der Waals surface area contributed by atoms with E-state index in [9.17, 15) is 14.4 Å². The zero-order valence-electron chi connectivity index (χ0n) is 13.9. The number of carbonyl (C=O) groups excluding carboxylic acids is 3. The summed E-state index contributed by atoms with van der Waals surface area (Å²) in [6.07, 6.45) is 1.56. The largest absolute Gasteiger partial charge is 0.493 e. The molecule has 0 amide bonds. The van der Waals surface area contributed by atoms with Gasteiger partial charge in [-0.3, -0.25) is 4.79 Å². The molecular weight excluding hydrogens is 312 g/mol. The molecule has 0 radical (unpaired) electrons. The fourth-order valence-corrected chi connectivity index (χ4v) is 2.94. The molecule has 0 heterocycles. The molecule has 1 aliphatic carbocycles. The lowest BCUT2D eigenvalue weighted by Gasteiger charge is -2.20. The first kappa shape index (κ1) is 17.7. The zero-order valence-corrected chi connectivity index (χ0v) is 13.9. The normalized spacial score (nSPS) is 19.8. The summed E-state index contributed by atoms with van der Waals surface area (Å²) in [7, 11) is 2.99. The minimum absolute atomic E-state index is 0.148. The maximum absolute atomic E-state index is 12.4. The summed E-state index contributed by atoms with van der Waals surface area (Å²) in [5.74, 6) is 0.0149. The lowest BCUT2D eigenvalue weighted by atomic mass is 9.96. The van der Waals surface area contributed by atoms with Crippen molar-refractivity contribution in [1.29, 1.82) is 0 Å². The molecule has 1 aromatic carbocycles. The van der Waals surface area contributed by atoms with Gasteiger partial charge in [0.25, 0.3) is 0 Å². The molecule has 0 N–H and O–H groups in total. The summed E-state index contributed by atoms with van der Waals surface area (Å²) in [6.45, 7) is 1.81. The highest BCUT2D eigenvalue weighted by molar-refractivity contribution is 5.90. The quantitative estimate of drug-likeness (QED) is 0.563. The van der Waals surface area contributed by atoms with E-state index in [0.29, 0.717) is 29.1 Å². The van der Waals surface area contributed by atoms with Crippen molar-refractivity contribution in [2.24, 2.45) is 5.92 Å². The van der Waals surface area contributed by atoms with Crippen LogP contribution < -0.4 is 9.47 Å². The first-order chi connectivity index (χ1) is 11.5. The Labute approximate surface area is 140 Å². The van der Waals surface area contributed by atoms with E-state index in [4.69, 9.17) is 14.2 Å². The lowest BCUT2D eigenvalue weighted by molar-refractivity contribution is -0.109. The van der Waals surface area contributed by atoms with Crippen LogP contribution in [0.25, 0.3) is 0 Å². The van der Waals surface area contributed by atoms with Crippen molar-refractivity contribution in [2.45, 2.75) is 25.9 Å². The van der Waals surface area contributed by atoms with E-state index in [1.165, 1.54) is 20.3 Å². The van der Waals surface area contributed by atoms with Gasteiger partial charge in [-0.05, 0) is 30.7 Å². The number of methoxy groups -OCH3 is 2. The molecule has 6 nitrogen and oxygen atoms in total. The van der Waals surface area contributed by atoms with Gasteiger partial charge in [-0.1, -0.05) is 5.57 Å². The highest BCUT2D eigenvalue weighted by Gasteiger charge is 2.35. The molecule has 2 rings (SSSR count). The number of carbonyl (C=O) groups is 3. The van der Waals surface area contributed by atoms with Gasteiger partial charge in [0.1, 0.15) is 18.7 Å². The third kappa shape index (κ3) is 3.48. The standard InChI is InChI=1S/C18H20O6/c1-11-8-16(13(6-7-19)14(11)10-20)24-18(21)12-4-5-15(22-2)17(9-12)23-3/h4-5,7,9-10,13,16H,6,8H2,1-3H3/t13-,16+/m1/s1. The van der Waals surface area contributed by atoms with E-state index in [2.05, 4.69) is 0 Å². The lowest BCUT2D eigenvalue weighted by Crippen LogP contribution is -2.25. The Hall–Kier alpha value is -2.63. The Balaban J connectivity index is 2.17. The van der Waals surface area contributed by atoms with Crippen LogP contribution >= 0.6 is 0 Å². The molecule has 24 heavy (non-hydrogen) atoms. The second kappa shape index (κ2) is 7.77. The monoisotopic (exact) mass is 332 g/mol. The molecule has 0 saturated heterocycles. The molecule has 0 spiro atoms. The topological polar surface area (TPSA) is 78.9 Å². The fourth-order valence-electron chi connectivity index (χ4n) is 2.94. The summed E-state index contributed by atoms with van der Waals surface area (Å²) in [4.78, 5) is 34.5. The molecule has 1 aliphatic rings. The summed E-state index contributed by atoms with van der Waals surface area (Å²) >= 11 is 0. The van der Waals surface area contributed by atoms with Crippen LogP contribution in [0.2, 0.25) is 0 Å².